The predicted molar refractivity (Wildman–Crippen MR) is 83.1 cm³/mol. The van der Waals surface area contributed by atoms with E-state index in [1.165, 1.54) is 0 Å². The molecule has 2 rings (SSSR count). The Bertz CT molecular complexity index is 583. The molecule has 0 unspecified atom stereocenters. The van der Waals surface area contributed by atoms with E-state index in [1.807, 2.05) is 70.2 Å². The van der Waals surface area contributed by atoms with Crippen molar-refractivity contribution in [3.05, 3.63) is 53.1 Å². The maximum Gasteiger partial charge on any atom is 0.127 e. The zero-order valence-corrected chi connectivity index (χ0v) is 13.0. The van der Waals surface area contributed by atoms with Gasteiger partial charge in [-0.3, -0.25) is 0 Å². The number of ether oxygens (including phenoxy) is 2. The van der Waals surface area contributed by atoms with E-state index in [1.54, 1.807) is 0 Å². The SMILES string of the molecule is Cc1cc(Oc2ccc(OC(C)(C)C)cc2)ccc1Cl. The molecule has 2 aromatic rings. The highest BCUT2D eigenvalue weighted by Crippen LogP contribution is 2.28. The Kier molecular flexibility index (Phi) is 4.24. The number of hydrogen-bond donors (Lipinski definition) is 0. The summed E-state index contributed by atoms with van der Waals surface area (Å²) in [6.45, 7) is 8.02. The van der Waals surface area contributed by atoms with E-state index in [4.69, 9.17) is 21.1 Å². The molecule has 0 aliphatic heterocycles. The van der Waals surface area contributed by atoms with Crippen LogP contribution in [-0.4, -0.2) is 5.60 Å². The molecular formula is C17H19ClO2. The molecule has 0 atom stereocenters. The molecule has 0 heterocycles. The van der Waals surface area contributed by atoms with Gasteiger partial charge in [0, 0.05) is 5.02 Å². The summed E-state index contributed by atoms with van der Waals surface area (Å²) in [5.74, 6) is 2.38. The van der Waals surface area contributed by atoms with E-state index in [2.05, 4.69) is 0 Å². The van der Waals surface area contributed by atoms with Crippen molar-refractivity contribution in [3.8, 4) is 17.2 Å². The van der Waals surface area contributed by atoms with Crippen LogP contribution in [-0.2, 0) is 0 Å². The van der Waals surface area contributed by atoms with Crippen LogP contribution in [0, 0.1) is 6.92 Å². The first-order valence-corrected chi connectivity index (χ1v) is 6.94. The Morgan fingerprint density at radius 3 is 1.95 bits per heavy atom. The van der Waals surface area contributed by atoms with Crippen molar-refractivity contribution in [2.45, 2.75) is 33.3 Å². The molecule has 0 amide bonds. The highest BCUT2D eigenvalue weighted by molar-refractivity contribution is 6.31. The summed E-state index contributed by atoms with van der Waals surface area (Å²) < 4.78 is 11.6. The monoisotopic (exact) mass is 290 g/mol. The van der Waals surface area contributed by atoms with Gasteiger partial charge in [-0.1, -0.05) is 11.6 Å². The van der Waals surface area contributed by atoms with Crippen LogP contribution in [0.15, 0.2) is 42.5 Å². The third-order valence-corrected chi connectivity index (χ3v) is 3.04. The summed E-state index contributed by atoms with van der Waals surface area (Å²) >= 11 is 5.99. The van der Waals surface area contributed by atoms with Gasteiger partial charge in [-0.05, 0) is 75.7 Å². The van der Waals surface area contributed by atoms with Crippen LogP contribution in [0.3, 0.4) is 0 Å². The molecule has 0 N–H and O–H groups in total. The van der Waals surface area contributed by atoms with E-state index in [0.717, 1.165) is 27.8 Å². The Balaban J connectivity index is 2.08. The predicted octanol–water partition coefficient (Wildman–Crippen LogP) is 5.62. The maximum absolute atomic E-state index is 5.99. The van der Waals surface area contributed by atoms with Crippen molar-refractivity contribution < 1.29 is 9.47 Å². The second-order valence-electron chi connectivity index (χ2n) is 5.70. The molecule has 20 heavy (non-hydrogen) atoms. The average Bonchev–Trinajstić information content (AvgIpc) is 2.35. The smallest absolute Gasteiger partial charge is 0.127 e. The summed E-state index contributed by atoms with van der Waals surface area (Å²) in [5.41, 5.74) is 0.798. The van der Waals surface area contributed by atoms with Gasteiger partial charge in [0.1, 0.15) is 22.8 Å². The van der Waals surface area contributed by atoms with E-state index in [-0.39, 0.29) is 5.60 Å². The summed E-state index contributed by atoms with van der Waals surface area (Å²) in [6, 6.07) is 13.2. The zero-order chi connectivity index (χ0) is 14.8. The Morgan fingerprint density at radius 1 is 0.850 bits per heavy atom. The average molecular weight is 291 g/mol. The molecular weight excluding hydrogens is 272 g/mol. The topological polar surface area (TPSA) is 18.5 Å². The number of hydrogen-bond acceptors (Lipinski definition) is 2. The highest BCUT2D eigenvalue weighted by atomic mass is 35.5. The molecule has 2 nitrogen and oxygen atoms in total. The van der Waals surface area contributed by atoms with Gasteiger partial charge in [-0.15, -0.1) is 0 Å². The van der Waals surface area contributed by atoms with Crippen LogP contribution < -0.4 is 9.47 Å². The lowest BCUT2D eigenvalue weighted by Gasteiger charge is -2.21. The fraction of sp³-hybridized carbons (Fsp3) is 0.294. The van der Waals surface area contributed by atoms with Crippen LogP contribution in [0.5, 0.6) is 17.2 Å². The molecule has 2 aromatic carbocycles. The summed E-state index contributed by atoms with van der Waals surface area (Å²) in [5, 5.41) is 0.742. The van der Waals surface area contributed by atoms with Gasteiger partial charge < -0.3 is 9.47 Å². The van der Waals surface area contributed by atoms with Gasteiger partial charge in [-0.2, -0.15) is 0 Å². The van der Waals surface area contributed by atoms with E-state index >= 15 is 0 Å². The molecule has 0 aromatic heterocycles. The van der Waals surface area contributed by atoms with E-state index in [0.29, 0.717) is 0 Å². The van der Waals surface area contributed by atoms with Gasteiger partial charge in [-0.25, -0.2) is 0 Å². The second kappa shape index (κ2) is 5.76. The molecule has 0 aliphatic carbocycles. The zero-order valence-electron chi connectivity index (χ0n) is 12.2. The number of benzene rings is 2. The number of halogens is 1. The lowest BCUT2D eigenvalue weighted by molar-refractivity contribution is 0.131. The van der Waals surface area contributed by atoms with Crippen LogP contribution >= 0.6 is 11.6 Å². The summed E-state index contributed by atoms with van der Waals surface area (Å²) in [7, 11) is 0. The number of aryl methyl sites for hydroxylation is 1. The molecule has 3 heteroatoms. The van der Waals surface area contributed by atoms with Gasteiger partial charge in [0.15, 0.2) is 0 Å². The molecule has 0 saturated heterocycles. The minimum Gasteiger partial charge on any atom is -0.488 e. The van der Waals surface area contributed by atoms with Gasteiger partial charge >= 0.3 is 0 Å². The van der Waals surface area contributed by atoms with Gasteiger partial charge in [0.2, 0.25) is 0 Å². The number of rotatable bonds is 3. The second-order valence-corrected chi connectivity index (χ2v) is 6.11. The van der Waals surface area contributed by atoms with E-state index in [9.17, 15) is 0 Å². The van der Waals surface area contributed by atoms with Crippen LogP contribution in [0.4, 0.5) is 0 Å². The minimum absolute atomic E-state index is 0.199. The third-order valence-electron chi connectivity index (χ3n) is 2.61. The molecule has 0 fully saturated rings. The molecule has 0 bridgehead atoms. The third kappa shape index (κ3) is 4.17. The first kappa shape index (κ1) is 14.7. The van der Waals surface area contributed by atoms with Crippen molar-refractivity contribution in [3.63, 3.8) is 0 Å². The fourth-order valence-electron chi connectivity index (χ4n) is 1.75. The minimum atomic E-state index is -0.199. The molecule has 0 radical (unpaired) electrons. The molecule has 0 saturated carbocycles. The van der Waals surface area contributed by atoms with Crippen LogP contribution in [0.1, 0.15) is 26.3 Å². The summed E-state index contributed by atoms with van der Waals surface area (Å²) in [6.07, 6.45) is 0. The van der Waals surface area contributed by atoms with Crippen molar-refractivity contribution in [2.24, 2.45) is 0 Å². The van der Waals surface area contributed by atoms with Crippen molar-refractivity contribution in [2.75, 3.05) is 0 Å². The quantitative estimate of drug-likeness (QED) is 0.730. The Morgan fingerprint density at radius 2 is 1.40 bits per heavy atom. The van der Waals surface area contributed by atoms with Crippen molar-refractivity contribution in [1.29, 1.82) is 0 Å². The Labute approximate surface area is 125 Å². The van der Waals surface area contributed by atoms with Crippen LogP contribution in [0.25, 0.3) is 0 Å². The van der Waals surface area contributed by atoms with Crippen LogP contribution in [0.2, 0.25) is 5.02 Å². The largest absolute Gasteiger partial charge is 0.488 e. The van der Waals surface area contributed by atoms with Gasteiger partial charge in [0.25, 0.3) is 0 Å². The van der Waals surface area contributed by atoms with E-state index < -0.39 is 0 Å². The van der Waals surface area contributed by atoms with Crippen molar-refractivity contribution >= 4 is 11.6 Å². The lowest BCUT2D eigenvalue weighted by Crippen LogP contribution is -2.22. The first-order valence-electron chi connectivity index (χ1n) is 6.56. The molecule has 0 spiro atoms. The molecule has 0 aliphatic rings. The summed E-state index contributed by atoms with van der Waals surface area (Å²) in [4.78, 5) is 0. The standard InChI is InChI=1S/C17H19ClO2/c1-12-11-15(9-10-16(12)18)19-13-5-7-14(8-6-13)20-17(2,3)4/h5-11H,1-4H3. The lowest BCUT2D eigenvalue weighted by atomic mass is 10.2. The van der Waals surface area contributed by atoms with Gasteiger partial charge in [0.05, 0.1) is 0 Å². The first-order chi connectivity index (χ1) is 9.33. The fourth-order valence-corrected chi connectivity index (χ4v) is 1.86. The maximum atomic E-state index is 5.99. The highest BCUT2D eigenvalue weighted by Gasteiger charge is 2.11. The Hall–Kier alpha value is -1.67. The molecule has 106 valence electrons. The van der Waals surface area contributed by atoms with Crippen molar-refractivity contribution in [1.82, 2.24) is 0 Å². The normalized spacial score (nSPS) is 11.2.